The van der Waals surface area contributed by atoms with Crippen LogP contribution in [0.1, 0.15) is 35.4 Å². The van der Waals surface area contributed by atoms with E-state index in [1.54, 1.807) is 6.07 Å². The molecule has 238 valence electrons. The van der Waals surface area contributed by atoms with E-state index in [9.17, 15) is 26.4 Å². The molecule has 1 saturated heterocycles. The summed E-state index contributed by atoms with van der Waals surface area (Å²) in [7, 11) is -3.92. The van der Waals surface area contributed by atoms with Crippen molar-refractivity contribution in [1.29, 1.82) is 0 Å². The van der Waals surface area contributed by atoms with Gasteiger partial charge in [-0.15, -0.1) is 0 Å². The van der Waals surface area contributed by atoms with Crippen LogP contribution in [0.2, 0.25) is 10.0 Å². The van der Waals surface area contributed by atoms with Crippen LogP contribution < -0.4 is 15.4 Å². The SMILES string of the molecule is CNC(=O)COc1cc(NC2CCN(S(=O)(=O)C(F)(F)F)CC2)c2cc(C(c3ccc(Cl)cc3)c3ccc(Cl)cc3)ccc2n1. The first-order valence-electron chi connectivity index (χ1n) is 14.0. The first-order valence-corrected chi connectivity index (χ1v) is 16.2. The average molecular weight is 682 g/mol. The molecule has 3 aromatic carbocycles. The summed E-state index contributed by atoms with van der Waals surface area (Å²) >= 11 is 12.4. The zero-order valence-corrected chi connectivity index (χ0v) is 26.3. The van der Waals surface area contributed by atoms with Gasteiger partial charge in [0.25, 0.3) is 5.91 Å². The Bertz CT molecular complexity index is 1740. The summed E-state index contributed by atoms with van der Waals surface area (Å²) in [5.74, 6) is -0.393. The zero-order chi connectivity index (χ0) is 32.4. The van der Waals surface area contributed by atoms with Crippen molar-refractivity contribution in [3.63, 3.8) is 0 Å². The number of aromatic nitrogens is 1. The van der Waals surface area contributed by atoms with Crippen LogP contribution in [0, 0.1) is 0 Å². The molecule has 0 atom stereocenters. The second kappa shape index (κ2) is 13.4. The molecule has 45 heavy (non-hydrogen) atoms. The number of piperidine rings is 1. The Kier molecular flexibility index (Phi) is 9.78. The Morgan fingerprint density at radius 3 is 2.04 bits per heavy atom. The normalized spacial score (nSPS) is 14.9. The van der Waals surface area contributed by atoms with E-state index >= 15 is 0 Å². The predicted molar refractivity (Wildman–Crippen MR) is 168 cm³/mol. The van der Waals surface area contributed by atoms with Gasteiger partial charge in [0.15, 0.2) is 6.61 Å². The summed E-state index contributed by atoms with van der Waals surface area (Å²) in [4.78, 5) is 16.4. The van der Waals surface area contributed by atoms with Crippen LogP contribution in [0.5, 0.6) is 5.88 Å². The summed E-state index contributed by atoms with van der Waals surface area (Å²) in [5.41, 5.74) is -1.34. The van der Waals surface area contributed by atoms with Crippen LogP contribution >= 0.6 is 23.2 Å². The first kappa shape index (κ1) is 32.8. The fourth-order valence-corrected chi connectivity index (χ4v) is 6.53. The number of hydrogen-bond donors (Lipinski definition) is 2. The molecule has 8 nitrogen and oxygen atoms in total. The molecular weight excluding hydrogens is 652 g/mol. The van der Waals surface area contributed by atoms with Crippen LogP contribution in [-0.2, 0) is 14.8 Å². The minimum absolute atomic E-state index is 0.144. The van der Waals surface area contributed by atoms with Crippen molar-refractivity contribution in [1.82, 2.24) is 14.6 Å². The van der Waals surface area contributed by atoms with Crippen LogP contribution in [0.4, 0.5) is 18.9 Å². The van der Waals surface area contributed by atoms with E-state index in [2.05, 4.69) is 15.6 Å². The molecule has 1 aromatic heterocycles. The highest BCUT2D eigenvalue weighted by molar-refractivity contribution is 7.90. The van der Waals surface area contributed by atoms with Crippen molar-refractivity contribution in [2.75, 3.05) is 32.1 Å². The minimum Gasteiger partial charge on any atom is -0.467 e. The number of halogens is 5. The number of nitrogens with one attached hydrogen (secondary N) is 2. The topological polar surface area (TPSA) is 101 Å². The molecular formula is C31H29Cl2F3N4O4S. The summed E-state index contributed by atoms with van der Waals surface area (Å²) < 4.78 is 69.3. The number of amides is 1. The van der Waals surface area contributed by atoms with Gasteiger partial charge in [-0.25, -0.2) is 13.4 Å². The summed E-state index contributed by atoms with van der Waals surface area (Å²) in [5, 5.41) is 7.76. The molecule has 0 saturated carbocycles. The van der Waals surface area contributed by atoms with Crippen molar-refractivity contribution >= 4 is 55.7 Å². The maximum absolute atomic E-state index is 13.1. The number of rotatable bonds is 9. The molecule has 0 spiro atoms. The number of nitrogens with zero attached hydrogens (tertiary/aromatic N) is 2. The van der Waals surface area contributed by atoms with Crippen LogP contribution in [-0.4, -0.2) is 61.9 Å². The van der Waals surface area contributed by atoms with E-state index < -0.39 is 15.5 Å². The molecule has 4 aromatic rings. The molecule has 0 unspecified atom stereocenters. The Balaban J connectivity index is 1.53. The fraction of sp³-hybridized carbons (Fsp3) is 0.290. The number of carbonyl (C=O) groups is 1. The fourth-order valence-electron chi connectivity index (χ4n) is 5.30. The highest BCUT2D eigenvalue weighted by Crippen LogP contribution is 2.37. The molecule has 2 N–H and O–H groups in total. The van der Waals surface area contributed by atoms with Gasteiger partial charge in [-0.2, -0.15) is 17.5 Å². The predicted octanol–water partition coefficient (Wildman–Crippen LogP) is 6.57. The lowest BCUT2D eigenvalue weighted by molar-refractivity contribution is -0.122. The standard InChI is InChI=1S/C31H29Cl2F3N4O4S/c1-37-28(41)18-44-29-17-27(38-24-12-14-40(15-13-24)45(42,43)31(34,35)36)25-16-21(6-11-26(25)39-29)30(19-2-7-22(32)8-3-19)20-4-9-23(33)10-5-20/h2-11,16-17,24,30H,12-15,18H2,1H3,(H,37,41)(H,38,39). The van der Waals surface area contributed by atoms with Gasteiger partial charge in [-0.3, -0.25) is 4.79 Å². The summed E-state index contributed by atoms with van der Waals surface area (Å²) in [6, 6.07) is 22.1. The number of alkyl halides is 3. The van der Waals surface area contributed by atoms with E-state index in [0.29, 0.717) is 30.9 Å². The van der Waals surface area contributed by atoms with E-state index in [-0.39, 0.29) is 56.3 Å². The Morgan fingerprint density at radius 1 is 0.956 bits per heavy atom. The van der Waals surface area contributed by atoms with Gasteiger partial charge in [0.2, 0.25) is 5.88 Å². The number of hydrogen-bond acceptors (Lipinski definition) is 6. The monoisotopic (exact) mass is 680 g/mol. The third-order valence-electron chi connectivity index (χ3n) is 7.63. The number of likely N-dealkylation sites (N-methyl/N-ethyl adjacent to an activating group) is 1. The number of benzene rings is 3. The summed E-state index contributed by atoms with van der Waals surface area (Å²) in [6.45, 7) is -0.846. The van der Waals surface area contributed by atoms with Crippen molar-refractivity contribution < 1.29 is 31.1 Å². The van der Waals surface area contributed by atoms with Gasteiger partial charge in [0.1, 0.15) is 0 Å². The number of sulfonamides is 1. The van der Waals surface area contributed by atoms with Gasteiger partial charge in [0, 0.05) is 59.3 Å². The molecule has 2 heterocycles. The highest BCUT2D eigenvalue weighted by Gasteiger charge is 2.50. The second-order valence-corrected chi connectivity index (χ2v) is 13.4. The van der Waals surface area contributed by atoms with Gasteiger partial charge in [0.05, 0.1) is 5.52 Å². The third-order valence-corrected chi connectivity index (χ3v) is 9.76. The van der Waals surface area contributed by atoms with Gasteiger partial charge < -0.3 is 15.4 Å². The Labute approximate surface area is 268 Å². The van der Waals surface area contributed by atoms with Crippen molar-refractivity contribution in [3.05, 3.63) is 99.5 Å². The Morgan fingerprint density at radius 2 is 1.51 bits per heavy atom. The van der Waals surface area contributed by atoms with E-state index in [1.165, 1.54) is 7.05 Å². The molecule has 1 fully saturated rings. The molecule has 1 aliphatic rings. The third kappa shape index (κ3) is 7.46. The molecule has 0 bridgehead atoms. The van der Waals surface area contributed by atoms with Crippen LogP contribution in [0.3, 0.4) is 0 Å². The van der Waals surface area contributed by atoms with Gasteiger partial charge in [-0.1, -0.05) is 53.5 Å². The van der Waals surface area contributed by atoms with E-state index in [0.717, 1.165) is 16.7 Å². The highest BCUT2D eigenvalue weighted by atomic mass is 35.5. The van der Waals surface area contributed by atoms with Gasteiger partial charge in [-0.05, 0) is 65.9 Å². The van der Waals surface area contributed by atoms with Crippen LogP contribution in [0.15, 0.2) is 72.8 Å². The molecule has 0 aliphatic carbocycles. The molecule has 14 heteroatoms. The van der Waals surface area contributed by atoms with Crippen molar-refractivity contribution in [2.45, 2.75) is 30.3 Å². The number of carbonyl (C=O) groups excluding carboxylic acids is 1. The lowest BCUT2D eigenvalue weighted by atomic mass is 9.84. The number of anilines is 1. The second-order valence-electron chi connectivity index (χ2n) is 10.6. The van der Waals surface area contributed by atoms with Gasteiger partial charge >= 0.3 is 15.5 Å². The Hall–Kier alpha value is -3.58. The van der Waals surface area contributed by atoms with Crippen molar-refractivity contribution in [2.24, 2.45) is 0 Å². The average Bonchev–Trinajstić information content (AvgIpc) is 3.01. The molecule has 1 aliphatic heterocycles. The van der Waals surface area contributed by atoms with Crippen LogP contribution in [0.25, 0.3) is 10.9 Å². The maximum Gasteiger partial charge on any atom is 0.511 e. The number of fused-ring (bicyclic) bond motifs is 1. The van der Waals surface area contributed by atoms with E-state index in [4.69, 9.17) is 27.9 Å². The van der Waals surface area contributed by atoms with Crippen molar-refractivity contribution in [3.8, 4) is 5.88 Å². The maximum atomic E-state index is 13.1. The number of ether oxygens (including phenoxy) is 1. The smallest absolute Gasteiger partial charge is 0.467 e. The molecule has 0 radical (unpaired) electrons. The lowest BCUT2D eigenvalue weighted by Crippen LogP contribution is -2.47. The minimum atomic E-state index is -5.41. The molecule has 1 amide bonds. The first-order chi connectivity index (χ1) is 21.4. The largest absolute Gasteiger partial charge is 0.511 e. The zero-order valence-electron chi connectivity index (χ0n) is 23.9. The van der Waals surface area contributed by atoms with E-state index in [1.807, 2.05) is 66.7 Å². The molecule has 5 rings (SSSR count). The number of pyridine rings is 1. The quantitative estimate of drug-likeness (QED) is 0.194. The summed E-state index contributed by atoms with van der Waals surface area (Å²) in [6.07, 6.45) is 0.289. The lowest BCUT2D eigenvalue weighted by Gasteiger charge is -2.32.